The van der Waals surface area contributed by atoms with Crippen molar-refractivity contribution in [1.29, 1.82) is 0 Å². The number of rotatable bonds is 10. The smallest absolute Gasteiger partial charge is 0.326 e. The Balaban J connectivity index is 2.08. The van der Waals surface area contributed by atoms with Crippen LogP contribution in [0.15, 0.2) is 30.3 Å². The molecular formula is C20H28N2O5. The zero-order chi connectivity index (χ0) is 19.9. The van der Waals surface area contributed by atoms with Gasteiger partial charge in [0.2, 0.25) is 5.91 Å². The summed E-state index contributed by atoms with van der Waals surface area (Å²) in [5, 5.41) is 12.3. The predicted molar refractivity (Wildman–Crippen MR) is 100 cm³/mol. The predicted octanol–water partition coefficient (Wildman–Crippen LogP) is 1.60. The number of aldehydes is 1. The van der Waals surface area contributed by atoms with Crippen molar-refractivity contribution in [2.45, 2.75) is 57.3 Å². The van der Waals surface area contributed by atoms with Gasteiger partial charge in [-0.1, -0.05) is 30.3 Å². The molecule has 7 nitrogen and oxygen atoms in total. The van der Waals surface area contributed by atoms with Crippen LogP contribution in [0.2, 0.25) is 0 Å². The number of likely N-dealkylation sites (tertiary alicyclic amines) is 1. The van der Waals surface area contributed by atoms with Gasteiger partial charge < -0.3 is 14.7 Å². The average Bonchev–Trinajstić information content (AvgIpc) is 3.16. The largest absolute Gasteiger partial charge is 0.480 e. The van der Waals surface area contributed by atoms with Gasteiger partial charge >= 0.3 is 5.97 Å². The van der Waals surface area contributed by atoms with Crippen LogP contribution in [0, 0.1) is 0 Å². The number of nitrogens with one attached hydrogen (secondary N) is 1. The number of aliphatic carboxylic acids is 1. The molecule has 0 aromatic heterocycles. The van der Waals surface area contributed by atoms with E-state index in [9.17, 15) is 19.5 Å². The first-order chi connectivity index (χ1) is 12.9. The number of amides is 1. The van der Waals surface area contributed by atoms with Crippen molar-refractivity contribution < 1.29 is 24.2 Å². The quantitative estimate of drug-likeness (QED) is 0.476. The van der Waals surface area contributed by atoms with E-state index in [0.717, 1.165) is 5.56 Å². The van der Waals surface area contributed by atoms with E-state index in [0.29, 0.717) is 45.1 Å². The molecule has 0 bridgehead atoms. The molecule has 1 heterocycles. The normalized spacial score (nSPS) is 20.1. The first kappa shape index (κ1) is 21.1. The van der Waals surface area contributed by atoms with E-state index in [1.54, 1.807) is 13.8 Å². The lowest BCUT2D eigenvalue weighted by Gasteiger charge is -2.34. The van der Waals surface area contributed by atoms with Crippen molar-refractivity contribution in [3.63, 3.8) is 0 Å². The Morgan fingerprint density at radius 3 is 2.70 bits per heavy atom. The number of carbonyl (C=O) groups is 3. The maximum Gasteiger partial charge on any atom is 0.326 e. The van der Waals surface area contributed by atoms with Crippen molar-refractivity contribution in [3.8, 4) is 0 Å². The van der Waals surface area contributed by atoms with Gasteiger partial charge in [-0.15, -0.1) is 0 Å². The Labute approximate surface area is 159 Å². The lowest BCUT2D eigenvalue weighted by Crippen LogP contribution is -2.58. The third kappa shape index (κ3) is 5.37. The molecule has 0 aliphatic carbocycles. The second-order valence-corrected chi connectivity index (χ2v) is 6.82. The molecular weight excluding hydrogens is 348 g/mol. The Morgan fingerprint density at radius 1 is 1.41 bits per heavy atom. The first-order valence-corrected chi connectivity index (χ1v) is 9.37. The minimum Gasteiger partial charge on any atom is -0.480 e. The summed E-state index contributed by atoms with van der Waals surface area (Å²) in [5.74, 6) is -1.32. The summed E-state index contributed by atoms with van der Waals surface area (Å²) in [5.41, 5.74) is -0.229. The number of aryl methyl sites for hydroxylation is 1. The van der Waals surface area contributed by atoms with Crippen molar-refractivity contribution in [2.75, 3.05) is 13.2 Å². The Morgan fingerprint density at radius 2 is 2.11 bits per heavy atom. The van der Waals surface area contributed by atoms with Gasteiger partial charge in [-0.3, -0.25) is 14.9 Å². The third-order valence-electron chi connectivity index (χ3n) is 4.87. The van der Waals surface area contributed by atoms with Crippen LogP contribution in [0.1, 0.15) is 38.7 Å². The summed E-state index contributed by atoms with van der Waals surface area (Å²) in [7, 11) is 0. The molecule has 1 saturated heterocycles. The Bertz CT molecular complexity index is 651. The van der Waals surface area contributed by atoms with Gasteiger partial charge in [0.15, 0.2) is 12.0 Å². The van der Waals surface area contributed by atoms with Crippen LogP contribution in [0.5, 0.6) is 0 Å². The summed E-state index contributed by atoms with van der Waals surface area (Å²) in [4.78, 5) is 37.4. The summed E-state index contributed by atoms with van der Waals surface area (Å²) >= 11 is 0. The van der Waals surface area contributed by atoms with Gasteiger partial charge in [0.25, 0.3) is 0 Å². The third-order valence-corrected chi connectivity index (χ3v) is 4.87. The number of nitrogens with zero attached hydrogens (tertiary/aromatic N) is 1. The molecule has 7 heteroatoms. The SMILES string of the molecule is CCO[C@](C=O)(CCc1ccccc1)N[C@@H](C)C(=O)N1CCC[C@H]1C(=O)O. The van der Waals surface area contributed by atoms with Gasteiger partial charge in [-0.25, -0.2) is 4.79 Å². The van der Waals surface area contributed by atoms with E-state index >= 15 is 0 Å². The topological polar surface area (TPSA) is 95.9 Å². The summed E-state index contributed by atoms with van der Waals surface area (Å²) in [6.07, 6.45) is 2.78. The molecule has 0 saturated carbocycles. The highest BCUT2D eigenvalue weighted by Crippen LogP contribution is 2.21. The second-order valence-electron chi connectivity index (χ2n) is 6.82. The molecule has 1 aliphatic rings. The molecule has 0 spiro atoms. The number of ether oxygens (including phenoxy) is 1. The minimum absolute atomic E-state index is 0.308. The van der Waals surface area contributed by atoms with E-state index in [1.807, 2.05) is 30.3 Å². The van der Waals surface area contributed by atoms with Gasteiger partial charge in [-0.2, -0.15) is 0 Å². The van der Waals surface area contributed by atoms with Crippen LogP contribution in [-0.2, 0) is 25.5 Å². The monoisotopic (exact) mass is 376 g/mol. The van der Waals surface area contributed by atoms with Crippen LogP contribution in [0.4, 0.5) is 0 Å². The van der Waals surface area contributed by atoms with Crippen LogP contribution >= 0.6 is 0 Å². The maximum absolute atomic E-state index is 12.8. The van der Waals surface area contributed by atoms with Gasteiger partial charge in [-0.05, 0) is 38.7 Å². The van der Waals surface area contributed by atoms with E-state index in [-0.39, 0.29) is 5.91 Å². The number of carboxylic acids is 1. The summed E-state index contributed by atoms with van der Waals surface area (Å²) in [6, 6.07) is 8.18. The molecule has 2 rings (SSSR count). The van der Waals surface area contributed by atoms with Gasteiger partial charge in [0.1, 0.15) is 6.04 Å². The maximum atomic E-state index is 12.8. The fourth-order valence-electron chi connectivity index (χ4n) is 3.51. The molecule has 148 valence electrons. The number of carbonyl (C=O) groups excluding carboxylic acids is 2. The molecule has 1 aliphatic heterocycles. The Kier molecular flexibility index (Phi) is 7.50. The molecule has 1 fully saturated rings. The highest BCUT2D eigenvalue weighted by molar-refractivity contribution is 5.87. The zero-order valence-electron chi connectivity index (χ0n) is 15.9. The van der Waals surface area contributed by atoms with Crippen molar-refractivity contribution in [3.05, 3.63) is 35.9 Å². The molecule has 0 radical (unpaired) electrons. The van der Waals surface area contributed by atoms with E-state index < -0.39 is 23.8 Å². The highest BCUT2D eigenvalue weighted by atomic mass is 16.5. The molecule has 1 aromatic rings. The second kappa shape index (κ2) is 9.62. The van der Waals surface area contributed by atoms with Crippen LogP contribution in [-0.4, -0.2) is 59.1 Å². The Hall–Kier alpha value is -2.25. The zero-order valence-corrected chi connectivity index (χ0v) is 15.9. The van der Waals surface area contributed by atoms with Crippen molar-refractivity contribution >= 4 is 18.2 Å². The standard InChI is InChI=1S/C20H28N2O5/c1-3-27-20(14-23,12-11-16-8-5-4-6-9-16)21-15(2)18(24)22-13-7-10-17(22)19(25)26/h4-6,8-9,14-15,17,21H,3,7,10-13H2,1-2H3,(H,25,26)/t15-,17-,20-/m0/s1. The molecule has 2 N–H and O–H groups in total. The van der Waals surface area contributed by atoms with Crippen molar-refractivity contribution in [2.24, 2.45) is 0 Å². The lowest BCUT2D eigenvalue weighted by molar-refractivity contribution is -0.152. The number of hydrogen-bond acceptors (Lipinski definition) is 5. The van der Waals surface area contributed by atoms with E-state index in [4.69, 9.17) is 4.74 Å². The van der Waals surface area contributed by atoms with E-state index in [1.165, 1.54) is 4.90 Å². The van der Waals surface area contributed by atoms with Gasteiger partial charge in [0.05, 0.1) is 6.04 Å². The molecule has 1 aromatic carbocycles. The van der Waals surface area contributed by atoms with E-state index in [2.05, 4.69) is 5.32 Å². The van der Waals surface area contributed by atoms with Gasteiger partial charge in [0, 0.05) is 19.6 Å². The fourth-order valence-corrected chi connectivity index (χ4v) is 3.51. The molecule has 27 heavy (non-hydrogen) atoms. The molecule has 1 amide bonds. The fraction of sp³-hybridized carbons (Fsp3) is 0.550. The number of benzene rings is 1. The summed E-state index contributed by atoms with van der Waals surface area (Å²) < 4.78 is 5.69. The molecule has 3 atom stereocenters. The first-order valence-electron chi connectivity index (χ1n) is 9.37. The lowest BCUT2D eigenvalue weighted by atomic mass is 10.0. The average molecular weight is 376 g/mol. The van der Waals surface area contributed by atoms with Crippen LogP contribution in [0.3, 0.4) is 0 Å². The summed E-state index contributed by atoms with van der Waals surface area (Å²) in [6.45, 7) is 4.15. The number of carboxylic acid groups (broad SMARTS) is 1. The highest BCUT2D eigenvalue weighted by Gasteiger charge is 2.39. The van der Waals surface area contributed by atoms with Crippen molar-refractivity contribution in [1.82, 2.24) is 10.2 Å². The minimum atomic E-state index is -1.29. The van der Waals surface area contributed by atoms with Crippen LogP contribution < -0.4 is 5.32 Å². The number of hydrogen-bond donors (Lipinski definition) is 2. The van der Waals surface area contributed by atoms with Crippen LogP contribution in [0.25, 0.3) is 0 Å². The molecule has 0 unspecified atom stereocenters.